The maximum Gasteiger partial charge on any atom is 0.471 e. The lowest BCUT2D eigenvalue weighted by Gasteiger charge is -2.45. The van der Waals surface area contributed by atoms with E-state index in [0.717, 1.165) is 16.0 Å². The van der Waals surface area contributed by atoms with Crippen molar-refractivity contribution in [2.45, 2.75) is 70.2 Å². The predicted octanol–water partition coefficient (Wildman–Crippen LogP) is 6.33. The second-order valence-electron chi connectivity index (χ2n) is 11.5. The number of hydrogen-bond donors (Lipinski definition) is 0. The van der Waals surface area contributed by atoms with E-state index >= 15 is 0 Å². The molecule has 1 aliphatic heterocycles. The van der Waals surface area contributed by atoms with Crippen LogP contribution in [0.4, 0.5) is 22.4 Å². The maximum atomic E-state index is 13.8. The first-order valence-corrected chi connectivity index (χ1v) is 12.9. The molecule has 0 radical (unpaired) electrons. The van der Waals surface area contributed by atoms with E-state index in [9.17, 15) is 27.2 Å². The molecule has 1 unspecified atom stereocenters. The zero-order valence-corrected chi connectivity index (χ0v) is 21.9. The van der Waals surface area contributed by atoms with E-state index < -0.39 is 41.1 Å². The van der Waals surface area contributed by atoms with Gasteiger partial charge in [-0.15, -0.1) is 0 Å². The number of ether oxygens (including phenoxy) is 1. The molecule has 1 saturated heterocycles. The van der Waals surface area contributed by atoms with E-state index in [4.69, 9.17) is 4.74 Å². The summed E-state index contributed by atoms with van der Waals surface area (Å²) >= 11 is 0. The fraction of sp³-hybridized carbons (Fsp3) is 0.517. The van der Waals surface area contributed by atoms with Crippen LogP contribution in [0.1, 0.15) is 57.1 Å². The molecule has 2 aliphatic rings. The van der Waals surface area contributed by atoms with Gasteiger partial charge in [0.2, 0.25) is 0 Å². The molecule has 2 aromatic carbocycles. The molecule has 0 N–H and O–H groups in total. The number of piperidine rings is 1. The van der Waals surface area contributed by atoms with Crippen molar-refractivity contribution >= 4 is 12.0 Å². The molecule has 0 aromatic heterocycles. The van der Waals surface area contributed by atoms with E-state index in [-0.39, 0.29) is 25.6 Å². The lowest BCUT2D eigenvalue weighted by molar-refractivity contribution is -0.188. The second-order valence-corrected chi connectivity index (χ2v) is 11.5. The summed E-state index contributed by atoms with van der Waals surface area (Å²) in [7, 11) is 0. The molecule has 206 valence electrons. The Morgan fingerprint density at radius 1 is 1.00 bits per heavy atom. The molecule has 1 saturated carbocycles. The zero-order chi connectivity index (χ0) is 27.7. The van der Waals surface area contributed by atoms with Crippen molar-refractivity contribution in [3.05, 3.63) is 71.5 Å². The molecule has 9 heteroatoms. The van der Waals surface area contributed by atoms with Crippen LogP contribution in [0.3, 0.4) is 0 Å². The van der Waals surface area contributed by atoms with Crippen molar-refractivity contribution in [2.75, 3.05) is 19.6 Å². The average Bonchev–Trinajstić information content (AvgIpc) is 3.64. The Labute approximate surface area is 220 Å². The van der Waals surface area contributed by atoms with Gasteiger partial charge in [-0.05, 0) is 75.1 Å². The third-order valence-corrected chi connectivity index (χ3v) is 7.36. The van der Waals surface area contributed by atoms with E-state index in [1.54, 1.807) is 37.8 Å². The summed E-state index contributed by atoms with van der Waals surface area (Å²) in [6.45, 7) is 5.79. The monoisotopic (exact) mass is 534 g/mol. The van der Waals surface area contributed by atoms with Crippen LogP contribution in [0.2, 0.25) is 0 Å². The van der Waals surface area contributed by atoms with Gasteiger partial charge in [0.25, 0.3) is 0 Å². The minimum Gasteiger partial charge on any atom is -0.444 e. The van der Waals surface area contributed by atoms with Crippen molar-refractivity contribution in [1.82, 2.24) is 9.80 Å². The van der Waals surface area contributed by atoms with Crippen LogP contribution < -0.4 is 0 Å². The number of nitrogens with zero attached hydrogens (tertiary/aromatic N) is 2. The minimum atomic E-state index is -5.00. The number of alkyl halides is 3. The van der Waals surface area contributed by atoms with Crippen LogP contribution in [0.5, 0.6) is 0 Å². The number of halogens is 4. The van der Waals surface area contributed by atoms with Gasteiger partial charge in [-0.25, -0.2) is 9.18 Å². The summed E-state index contributed by atoms with van der Waals surface area (Å²) in [6, 6.07) is 14.6. The normalized spacial score (nSPS) is 21.1. The van der Waals surface area contributed by atoms with Crippen LogP contribution in [-0.4, -0.2) is 59.3 Å². The van der Waals surface area contributed by atoms with Gasteiger partial charge in [-0.2, -0.15) is 13.2 Å². The molecule has 2 atom stereocenters. The van der Waals surface area contributed by atoms with E-state index in [1.165, 1.54) is 12.1 Å². The van der Waals surface area contributed by atoms with Gasteiger partial charge in [0.15, 0.2) is 0 Å². The highest BCUT2D eigenvalue weighted by Crippen LogP contribution is 2.48. The lowest BCUT2D eigenvalue weighted by Crippen LogP contribution is -2.53. The van der Waals surface area contributed by atoms with Gasteiger partial charge in [0, 0.05) is 31.6 Å². The molecule has 5 nitrogen and oxygen atoms in total. The van der Waals surface area contributed by atoms with Gasteiger partial charge in [0.1, 0.15) is 11.4 Å². The van der Waals surface area contributed by atoms with Gasteiger partial charge in [-0.1, -0.05) is 42.5 Å². The first-order chi connectivity index (χ1) is 17.8. The first kappa shape index (κ1) is 27.9. The van der Waals surface area contributed by atoms with Crippen LogP contribution in [-0.2, 0) is 16.0 Å². The smallest absolute Gasteiger partial charge is 0.444 e. The second kappa shape index (κ2) is 10.6. The molecule has 1 heterocycles. The highest BCUT2D eigenvalue weighted by molar-refractivity contribution is 5.82. The van der Waals surface area contributed by atoms with Crippen LogP contribution >= 0.6 is 0 Å². The number of benzene rings is 2. The van der Waals surface area contributed by atoms with Gasteiger partial charge >= 0.3 is 18.2 Å². The largest absolute Gasteiger partial charge is 0.471 e. The molecular formula is C29H34F4N2O3. The van der Waals surface area contributed by atoms with Gasteiger partial charge < -0.3 is 14.5 Å². The number of rotatable bonds is 6. The third kappa shape index (κ3) is 6.85. The van der Waals surface area contributed by atoms with Crippen molar-refractivity contribution in [2.24, 2.45) is 5.41 Å². The van der Waals surface area contributed by atoms with Crippen molar-refractivity contribution < 1.29 is 31.9 Å². The van der Waals surface area contributed by atoms with E-state index in [1.807, 2.05) is 30.3 Å². The lowest BCUT2D eigenvalue weighted by atomic mass is 9.73. The van der Waals surface area contributed by atoms with Crippen LogP contribution in [0, 0.1) is 11.2 Å². The molecule has 0 spiro atoms. The maximum absolute atomic E-state index is 13.8. The number of hydrogen-bond acceptors (Lipinski definition) is 3. The van der Waals surface area contributed by atoms with Crippen molar-refractivity contribution in [1.29, 1.82) is 0 Å². The van der Waals surface area contributed by atoms with Crippen molar-refractivity contribution in [3.8, 4) is 0 Å². The molecule has 2 amide bonds. The summed E-state index contributed by atoms with van der Waals surface area (Å²) in [5, 5.41) is 0. The number of carbonyl (C=O) groups is 2. The summed E-state index contributed by atoms with van der Waals surface area (Å²) in [5.74, 6) is -2.40. The third-order valence-electron chi connectivity index (χ3n) is 7.36. The molecular weight excluding hydrogens is 500 g/mol. The minimum absolute atomic E-state index is 0.0983. The summed E-state index contributed by atoms with van der Waals surface area (Å²) in [4.78, 5) is 27.9. The fourth-order valence-corrected chi connectivity index (χ4v) is 5.36. The highest BCUT2D eigenvalue weighted by Gasteiger charge is 2.54. The molecule has 4 rings (SSSR count). The molecule has 1 aliphatic carbocycles. The number of carbonyl (C=O) groups excluding carboxylic acids is 2. The zero-order valence-electron chi connectivity index (χ0n) is 21.9. The SMILES string of the molecule is CC(C)(C)OC(=O)N1CCC(Cc2ccc(F)cc2)(CN(C(=O)C(F)(F)F)[C@@H]2CC2c2ccccc2)CC1. The number of likely N-dealkylation sites (tertiary alicyclic amines) is 1. The summed E-state index contributed by atoms with van der Waals surface area (Å²) < 4.78 is 60.4. The fourth-order valence-electron chi connectivity index (χ4n) is 5.36. The molecule has 38 heavy (non-hydrogen) atoms. The predicted molar refractivity (Wildman–Crippen MR) is 135 cm³/mol. The Morgan fingerprint density at radius 3 is 2.16 bits per heavy atom. The first-order valence-electron chi connectivity index (χ1n) is 12.9. The van der Waals surface area contributed by atoms with Gasteiger partial charge in [-0.3, -0.25) is 4.79 Å². The summed E-state index contributed by atoms with van der Waals surface area (Å²) in [5.41, 5.74) is 0.284. The average molecular weight is 535 g/mol. The Balaban J connectivity index is 1.59. The Morgan fingerprint density at radius 2 is 1.61 bits per heavy atom. The standard InChI is InChI=1S/C29H34F4N2O3/c1-27(2,3)38-26(37)34-15-13-28(14-16-34,18-20-9-11-22(30)12-10-20)19-35(25(36)29(31,32)33)24-17-23(24)21-7-5-4-6-8-21/h4-12,23-24H,13-19H2,1-3H3/t23?,24-/m1/s1. The topological polar surface area (TPSA) is 49.9 Å². The molecule has 2 aromatic rings. The summed E-state index contributed by atoms with van der Waals surface area (Å²) in [6.07, 6.45) is -3.88. The van der Waals surface area contributed by atoms with E-state index in [0.29, 0.717) is 25.7 Å². The van der Waals surface area contributed by atoms with Crippen LogP contribution in [0.15, 0.2) is 54.6 Å². The Bertz CT molecular complexity index is 1120. The quantitative estimate of drug-likeness (QED) is 0.407. The highest BCUT2D eigenvalue weighted by atomic mass is 19.4. The Kier molecular flexibility index (Phi) is 7.77. The number of amides is 2. The van der Waals surface area contributed by atoms with Gasteiger partial charge in [0.05, 0.1) is 0 Å². The molecule has 0 bridgehead atoms. The Hall–Kier alpha value is -3.10. The van der Waals surface area contributed by atoms with Crippen LogP contribution in [0.25, 0.3) is 0 Å². The molecule has 2 fully saturated rings. The van der Waals surface area contributed by atoms with E-state index in [2.05, 4.69) is 0 Å². The van der Waals surface area contributed by atoms with Crippen molar-refractivity contribution in [3.63, 3.8) is 0 Å².